The quantitative estimate of drug-likeness (QED) is 0.623. The molecule has 12 heavy (non-hydrogen) atoms. The summed E-state index contributed by atoms with van der Waals surface area (Å²) in [5.74, 6) is 0. The third-order valence-electron chi connectivity index (χ3n) is 1.31. The average molecular weight is 170 g/mol. The predicted molar refractivity (Wildman–Crippen MR) is 37.9 cm³/mol. The van der Waals surface area contributed by atoms with Crippen molar-refractivity contribution in [2.75, 3.05) is 6.67 Å². The van der Waals surface area contributed by atoms with Crippen molar-refractivity contribution in [1.29, 1.82) is 0 Å². The average Bonchev–Trinajstić information content (AvgIpc) is 2.15. The van der Waals surface area contributed by atoms with E-state index < -0.39 is 12.8 Å². The lowest BCUT2D eigenvalue weighted by Crippen LogP contribution is -2.05. The van der Waals surface area contributed by atoms with Crippen molar-refractivity contribution in [3.8, 4) is 0 Å². The summed E-state index contributed by atoms with van der Waals surface area (Å²) >= 11 is 0. The first-order valence-electron chi connectivity index (χ1n) is 3.28. The molecule has 1 heterocycles. The number of carbonyl (C=O) groups excluding carboxylic acids is 1. The van der Waals surface area contributed by atoms with Gasteiger partial charge in [-0.1, -0.05) is 0 Å². The number of halogens is 1. The van der Waals surface area contributed by atoms with Gasteiger partial charge in [-0.25, -0.2) is 14.4 Å². The standard InChI is InChI=1S/C7H7FN2O2/c8-1-7(12-5-11)6-2-9-4-10-3-6/h2-5,7H,1H2. The first kappa shape index (κ1) is 8.58. The molecule has 5 heteroatoms. The van der Waals surface area contributed by atoms with Crippen LogP contribution in [0.4, 0.5) is 4.39 Å². The summed E-state index contributed by atoms with van der Waals surface area (Å²) in [5.41, 5.74) is 0.451. The summed E-state index contributed by atoms with van der Waals surface area (Å²) in [6.07, 6.45) is 3.24. The molecule has 0 N–H and O–H groups in total. The Labute approximate surface area is 68.4 Å². The minimum Gasteiger partial charge on any atom is -0.457 e. The van der Waals surface area contributed by atoms with Gasteiger partial charge in [0.2, 0.25) is 0 Å². The first-order chi connectivity index (χ1) is 5.88. The highest BCUT2D eigenvalue weighted by molar-refractivity contribution is 5.38. The molecule has 0 spiro atoms. The van der Waals surface area contributed by atoms with Crippen LogP contribution in [0.25, 0.3) is 0 Å². The SMILES string of the molecule is O=COC(CF)c1cncnc1. The van der Waals surface area contributed by atoms with Crippen molar-refractivity contribution < 1.29 is 13.9 Å². The van der Waals surface area contributed by atoms with E-state index in [4.69, 9.17) is 0 Å². The Hall–Kier alpha value is -1.52. The van der Waals surface area contributed by atoms with Crippen LogP contribution in [0.3, 0.4) is 0 Å². The fourth-order valence-corrected chi connectivity index (χ4v) is 0.748. The molecule has 1 unspecified atom stereocenters. The predicted octanol–water partition coefficient (Wildman–Crippen LogP) is 0.660. The van der Waals surface area contributed by atoms with Gasteiger partial charge < -0.3 is 4.74 Å². The van der Waals surface area contributed by atoms with Crippen molar-refractivity contribution in [3.63, 3.8) is 0 Å². The normalized spacial score (nSPS) is 12.1. The molecule has 64 valence electrons. The lowest BCUT2D eigenvalue weighted by atomic mass is 10.2. The van der Waals surface area contributed by atoms with Crippen LogP contribution in [0.2, 0.25) is 0 Å². The van der Waals surface area contributed by atoms with Gasteiger partial charge in [-0.05, 0) is 0 Å². The highest BCUT2D eigenvalue weighted by Crippen LogP contribution is 2.13. The third kappa shape index (κ3) is 1.98. The second-order valence-electron chi connectivity index (χ2n) is 2.05. The van der Waals surface area contributed by atoms with Crippen LogP contribution in [-0.2, 0) is 9.53 Å². The Morgan fingerprint density at radius 2 is 2.25 bits per heavy atom. The monoisotopic (exact) mass is 170 g/mol. The van der Waals surface area contributed by atoms with Crippen LogP contribution in [0, 0.1) is 0 Å². The van der Waals surface area contributed by atoms with Crippen LogP contribution in [-0.4, -0.2) is 23.1 Å². The minimum absolute atomic E-state index is 0.206. The molecule has 0 aliphatic rings. The number of carbonyl (C=O) groups is 1. The van der Waals surface area contributed by atoms with E-state index in [9.17, 15) is 9.18 Å². The van der Waals surface area contributed by atoms with E-state index in [1.165, 1.54) is 18.7 Å². The Kier molecular flexibility index (Phi) is 3.13. The van der Waals surface area contributed by atoms with Crippen LogP contribution in [0.15, 0.2) is 18.7 Å². The summed E-state index contributed by atoms with van der Waals surface area (Å²) < 4.78 is 16.6. The molecule has 1 rings (SSSR count). The molecule has 0 fully saturated rings. The van der Waals surface area contributed by atoms with Crippen molar-refractivity contribution in [1.82, 2.24) is 9.97 Å². The van der Waals surface area contributed by atoms with E-state index in [0.717, 1.165) is 0 Å². The van der Waals surface area contributed by atoms with Gasteiger partial charge in [0.1, 0.15) is 13.0 Å². The number of aromatic nitrogens is 2. The molecule has 1 aromatic rings. The van der Waals surface area contributed by atoms with Crippen LogP contribution >= 0.6 is 0 Å². The molecule has 0 aromatic carbocycles. The van der Waals surface area contributed by atoms with Gasteiger partial charge in [-0.15, -0.1) is 0 Å². The third-order valence-corrected chi connectivity index (χ3v) is 1.31. The molecule has 0 amide bonds. The highest BCUT2D eigenvalue weighted by atomic mass is 19.1. The summed E-state index contributed by atoms with van der Waals surface area (Å²) in [6.45, 7) is -0.566. The van der Waals surface area contributed by atoms with E-state index in [0.29, 0.717) is 5.56 Å². The van der Waals surface area contributed by atoms with Gasteiger partial charge in [-0.3, -0.25) is 4.79 Å². The fourth-order valence-electron chi connectivity index (χ4n) is 0.748. The summed E-state index contributed by atoms with van der Waals surface area (Å²) in [6, 6.07) is 0. The highest BCUT2D eigenvalue weighted by Gasteiger charge is 2.11. The van der Waals surface area contributed by atoms with Crippen molar-refractivity contribution in [2.45, 2.75) is 6.10 Å². The van der Waals surface area contributed by atoms with Crippen LogP contribution < -0.4 is 0 Å². The fraction of sp³-hybridized carbons (Fsp3) is 0.286. The van der Waals surface area contributed by atoms with E-state index >= 15 is 0 Å². The zero-order valence-electron chi connectivity index (χ0n) is 6.18. The topological polar surface area (TPSA) is 52.1 Å². The molecule has 0 aliphatic heterocycles. The van der Waals surface area contributed by atoms with E-state index in [1.54, 1.807) is 0 Å². The molecule has 1 atom stereocenters. The molecule has 0 radical (unpaired) electrons. The maximum atomic E-state index is 12.2. The number of ether oxygens (including phenoxy) is 1. The molecule has 0 saturated heterocycles. The van der Waals surface area contributed by atoms with Crippen LogP contribution in [0.5, 0.6) is 0 Å². The van der Waals surface area contributed by atoms with Crippen molar-refractivity contribution in [3.05, 3.63) is 24.3 Å². The number of hydrogen-bond donors (Lipinski definition) is 0. The minimum atomic E-state index is -0.885. The van der Waals surface area contributed by atoms with Crippen molar-refractivity contribution >= 4 is 6.47 Å². The van der Waals surface area contributed by atoms with E-state index in [2.05, 4.69) is 14.7 Å². The van der Waals surface area contributed by atoms with E-state index in [1.807, 2.05) is 0 Å². The Morgan fingerprint density at radius 3 is 2.75 bits per heavy atom. The Balaban J connectivity index is 2.72. The molecule has 0 bridgehead atoms. The second kappa shape index (κ2) is 4.38. The Morgan fingerprint density at radius 1 is 1.58 bits per heavy atom. The Bertz CT molecular complexity index is 242. The van der Waals surface area contributed by atoms with E-state index in [-0.39, 0.29) is 6.47 Å². The maximum absolute atomic E-state index is 12.2. The maximum Gasteiger partial charge on any atom is 0.293 e. The van der Waals surface area contributed by atoms with Crippen molar-refractivity contribution in [2.24, 2.45) is 0 Å². The first-order valence-corrected chi connectivity index (χ1v) is 3.28. The molecule has 1 aromatic heterocycles. The molecule has 4 nitrogen and oxygen atoms in total. The summed E-state index contributed by atoms with van der Waals surface area (Å²) in [4.78, 5) is 17.2. The number of nitrogens with zero attached hydrogens (tertiary/aromatic N) is 2. The van der Waals surface area contributed by atoms with Gasteiger partial charge in [0, 0.05) is 18.0 Å². The summed E-state index contributed by atoms with van der Waals surface area (Å²) in [7, 11) is 0. The van der Waals surface area contributed by atoms with Gasteiger partial charge >= 0.3 is 0 Å². The molecular weight excluding hydrogens is 163 g/mol. The number of hydrogen-bond acceptors (Lipinski definition) is 4. The van der Waals surface area contributed by atoms with Gasteiger partial charge in [0.05, 0.1) is 0 Å². The lowest BCUT2D eigenvalue weighted by Gasteiger charge is -2.09. The zero-order chi connectivity index (χ0) is 8.81. The largest absolute Gasteiger partial charge is 0.457 e. The van der Waals surface area contributed by atoms with Crippen LogP contribution in [0.1, 0.15) is 11.7 Å². The van der Waals surface area contributed by atoms with Gasteiger partial charge in [0.15, 0.2) is 6.10 Å². The second-order valence-corrected chi connectivity index (χ2v) is 2.05. The van der Waals surface area contributed by atoms with Gasteiger partial charge in [-0.2, -0.15) is 0 Å². The molecule has 0 aliphatic carbocycles. The molecule has 0 saturated carbocycles. The number of rotatable bonds is 4. The summed E-state index contributed by atoms with van der Waals surface area (Å²) in [5, 5.41) is 0. The number of alkyl halides is 1. The van der Waals surface area contributed by atoms with Gasteiger partial charge in [0.25, 0.3) is 6.47 Å². The smallest absolute Gasteiger partial charge is 0.293 e. The zero-order valence-corrected chi connectivity index (χ0v) is 6.18. The lowest BCUT2D eigenvalue weighted by molar-refractivity contribution is -0.134. The molecular formula is C7H7FN2O2.